The Morgan fingerprint density at radius 3 is 2.09 bits per heavy atom. The highest BCUT2D eigenvalue weighted by Gasteiger charge is 2.35. The van der Waals surface area contributed by atoms with Gasteiger partial charge < -0.3 is 30.0 Å². The van der Waals surface area contributed by atoms with E-state index in [4.69, 9.17) is 14.2 Å². The van der Waals surface area contributed by atoms with Gasteiger partial charge in [-0.25, -0.2) is 14.6 Å². The Balaban J connectivity index is 1.81. The number of nitro benzene ring substituents is 1. The van der Waals surface area contributed by atoms with Crippen molar-refractivity contribution in [2.75, 3.05) is 23.4 Å². The van der Waals surface area contributed by atoms with Crippen LogP contribution in [0.25, 0.3) is 10.8 Å². The lowest BCUT2D eigenvalue weighted by molar-refractivity contribution is -0.384. The van der Waals surface area contributed by atoms with Crippen LogP contribution in [0.4, 0.5) is 26.8 Å². The molecule has 0 saturated carbocycles. The Labute approximate surface area is 331 Å². The topological polar surface area (TPSA) is 200 Å². The van der Waals surface area contributed by atoms with Crippen LogP contribution in [0.3, 0.4) is 0 Å². The summed E-state index contributed by atoms with van der Waals surface area (Å²) in [6.07, 6.45) is -0.405. The number of imide groups is 1. The summed E-state index contributed by atoms with van der Waals surface area (Å²) in [4.78, 5) is 70.4. The summed E-state index contributed by atoms with van der Waals surface area (Å²) in [7, 11) is 0. The number of carbonyl (C=O) groups is 4. The number of anilines is 2. The van der Waals surface area contributed by atoms with Gasteiger partial charge in [-0.1, -0.05) is 24.3 Å². The van der Waals surface area contributed by atoms with Crippen molar-refractivity contribution < 1.29 is 43.4 Å². The Hall–Kier alpha value is -6.09. The zero-order valence-corrected chi connectivity index (χ0v) is 33.8. The maximum Gasteiger partial charge on any atom is 0.425 e. The number of aliphatic hydroxyl groups excluding tert-OH is 1. The first-order valence-electron chi connectivity index (χ1n) is 18.5. The largest absolute Gasteiger partial charge is 0.466 e. The molecular weight excluding hydrogens is 734 g/mol. The van der Waals surface area contributed by atoms with Gasteiger partial charge in [-0.15, -0.1) is 0 Å². The maximum atomic E-state index is 14.5. The van der Waals surface area contributed by atoms with Crippen LogP contribution in [0.5, 0.6) is 0 Å². The summed E-state index contributed by atoms with van der Waals surface area (Å²) in [5.41, 5.74) is 1.90. The van der Waals surface area contributed by atoms with Gasteiger partial charge in [0.1, 0.15) is 17.2 Å². The molecule has 15 nitrogen and oxygen atoms in total. The molecule has 0 fully saturated rings. The summed E-state index contributed by atoms with van der Waals surface area (Å²) in [5, 5.41) is 28.5. The van der Waals surface area contributed by atoms with Crippen molar-refractivity contribution in [2.45, 2.75) is 98.4 Å². The highest BCUT2D eigenvalue weighted by atomic mass is 16.6. The minimum absolute atomic E-state index is 0.0265. The number of hydrogen-bond acceptors (Lipinski definition) is 12. The van der Waals surface area contributed by atoms with Gasteiger partial charge in [-0.2, -0.15) is 4.90 Å². The van der Waals surface area contributed by atoms with E-state index in [0.717, 1.165) is 21.6 Å². The zero-order valence-electron chi connectivity index (χ0n) is 33.8. The number of ether oxygens (including phenoxy) is 3. The first kappa shape index (κ1) is 43.6. The number of nitro groups is 1. The van der Waals surface area contributed by atoms with E-state index >= 15 is 0 Å². The SMILES string of the molecule is CCOC(=O)CC(NC(=O)C(Nc1ccc2c(N(C(=O)OC(C)(C)C)C(=O)OC(C)(C)C)nccc2c1)c1cc(C)c(CCO)c(C)c1)c1cccc([N+](=O)[O-])c1. The van der Waals surface area contributed by atoms with Crippen LogP contribution in [-0.2, 0) is 30.2 Å². The number of esters is 1. The number of rotatable bonds is 13. The summed E-state index contributed by atoms with van der Waals surface area (Å²) < 4.78 is 16.3. The van der Waals surface area contributed by atoms with Gasteiger partial charge in [0.05, 0.1) is 24.0 Å². The van der Waals surface area contributed by atoms with E-state index in [0.29, 0.717) is 34.0 Å². The van der Waals surface area contributed by atoms with Crippen molar-refractivity contribution in [1.82, 2.24) is 10.3 Å². The van der Waals surface area contributed by atoms with Crippen LogP contribution in [-0.4, -0.2) is 63.5 Å². The predicted octanol–water partition coefficient (Wildman–Crippen LogP) is 7.94. The molecule has 0 aliphatic rings. The fourth-order valence-electron chi connectivity index (χ4n) is 6.21. The van der Waals surface area contributed by atoms with Gasteiger partial charge in [-0.05, 0) is 126 Å². The van der Waals surface area contributed by atoms with Crippen molar-refractivity contribution in [1.29, 1.82) is 0 Å². The normalized spacial score (nSPS) is 12.6. The fourth-order valence-corrected chi connectivity index (χ4v) is 6.21. The van der Waals surface area contributed by atoms with Crippen LogP contribution in [0, 0.1) is 24.0 Å². The van der Waals surface area contributed by atoms with Crippen LogP contribution >= 0.6 is 0 Å². The highest BCUT2D eigenvalue weighted by molar-refractivity contribution is 6.14. The third-order valence-electron chi connectivity index (χ3n) is 8.57. The molecule has 0 bridgehead atoms. The van der Waals surface area contributed by atoms with Gasteiger partial charge >= 0.3 is 18.2 Å². The Morgan fingerprint density at radius 2 is 1.53 bits per heavy atom. The molecule has 0 aliphatic carbocycles. The van der Waals surface area contributed by atoms with E-state index < -0.39 is 52.3 Å². The number of hydrogen-bond donors (Lipinski definition) is 3. The summed E-state index contributed by atoms with van der Waals surface area (Å²) >= 11 is 0. The van der Waals surface area contributed by atoms with Crippen LogP contribution in [0.15, 0.2) is 66.9 Å². The number of carbonyl (C=O) groups excluding carboxylic acids is 4. The molecule has 3 amide bonds. The summed E-state index contributed by atoms with van der Waals surface area (Å²) in [5.74, 6) is -1.19. The molecule has 4 aromatic rings. The van der Waals surface area contributed by atoms with Gasteiger partial charge in [0, 0.05) is 36.0 Å². The molecule has 2 atom stereocenters. The maximum absolute atomic E-state index is 14.5. The molecule has 15 heteroatoms. The third-order valence-corrected chi connectivity index (χ3v) is 8.57. The Morgan fingerprint density at radius 1 is 0.895 bits per heavy atom. The number of benzene rings is 3. The van der Waals surface area contributed by atoms with E-state index in [2.05, 4.69) is 15.6 Å². The molecule has 1 aromatic heterocycles. The minimum Gasteiger partial charge on any atom is -0.466 e. The monoisotopic (exact) mass is 785 g/mol. The highest BCUT2D eigenvalue weighted by Crippen LogP contribution is 2.33. The lowest BCUT2D eigenvalue weighted by atomic mass is 9.93. The fraction of sp³-hybridized carbons (Fsp3) is 0.405. The van der Waals surface area contributed by atoms with Crippen molar-refractivity contribution in [3.05, 3.63) is 105 Å². The molecule has 0 spiro atoms. The Bertz CT molecular complexity index is 2090. The standard InChI is InChI=1S/C42H51N5O10/c1-10-55-35(49)24-34(28-12-11-13-31(23-28)47(53)54)45-38(50)36(29-20-25(2)32(17-19-48)26(3)21-29)44-30-14-15-33-27(22-30)16-18-43-37(33)46(39(51)56-41(4,5)6)40(52)57-42(7,8)9/h11-16,18,20-23,34,36,44,48H,10,17,19,24H2,1-9H3,(H,45,50). The minimum atomic E-state index is -1.08. The number of aromatic nitrogens is 1. The number of pyridine rings is 1. The van der Waals surface area contributed by atoms with Gasteiger partial charge in [0.2, 0.25) is 5.91 Å². The van der Waals surface area contributed by atoms with Crippen LogP contribution in [0.2, 0.25) is 0 Å². The lowest BCUT2D eigenvalue weighted by Gasteiger charge is -2.28. The number of fused-ring (bicyclic) bond motifs is 1. The van der Waals surface area contributed by atoms with Crippen molar-refractivity contribution in [2.24, 2.45) is 0 Å². The van der Waals surface area contributed by atoms with Crippen LogP contribution in [0.1, 0.15) is 94.8 Å². The van der Waals surface area contributed by atoms with E-state index in [-0.39, 0.29) is 31.1 Å². The van der Waals surface area contributed by atoms with Gasteiger partial charge in [0.25, 0.3) is 5.69 Å². The van der Waals surface area contributed by atoms with E-state index in [1.54, 1.807) is 78.8 Å². The van der Waals surface area contributed by atoms with Crippen molar-refractivity contribution in [3.8, 4) is 0 Å². The van der Waals surface area contributed by atoms with Crippen molar-refractivity contribution >= 4 is 52.0 Å². The zero-order chi connectivity index (χ0) is 42.2. The molecule has 3 N–H and O–H groups in total. The predicted molar refractivity (Wildman–Crippen MR) is 215 cm³/mol. The average molecular weight is 786 g/mol. The van der Waals surface area contributed by atoms with E-state index in [9.17, 15) is 34.4 Å². The molecule has 304 valence electrons. The van der Waals surface area contributed by atoms with E-state index in [1.165, 1.54) is 24.4 Å². The quantitative estimate of drug-likeness (QED) is 0.0512. The van der Waals surface area contributed by atoms with Gasteiger partial charge in [-0.3, -0.25) is 19.7 Å². The first-order valence-corrected chi connectivity index (χ1v) is 18.5. The smallest absolute Gasteiger partial charge is 0.425 e. The molecule has 4 rings (SSSR count). The number of aryl methyl sites for hydroxylation is 2. The molecule has 3 aromatic carbocycles. The second-order valence-corrected chi connectivity index (χ2v) is 15.5. The van der Waals surface area contributed by atoms with Gasteiger partial charge in [0.15, 0.2) is 5.82 Å². The number of aliphatic hydroxyl groups is 1. The molecule has 1 heterocycles. The third kappa shape index (κ3) is 11.7. The average Bonchev–Trinajstić information content (AvgIpc) is 3.10. The summed E-state index contributed by atoms with van der Waals surface area (Å²) in [6, 6.07) is 14.0. The molecule has 0 radical (unpaired) electrons. The van der Waals surface area contributed by atoms with Crippen molar-refractivity contribution in [3.63, 3.8) is 0 Å². The first-order chi connectivity index (χ1) is 26.7. The lowest BCUT2D eigenvalue weighted by Crippen LogP contribution is -2.44. The number of amides is 3. The molecule has 57 heavy (non-hydrogen) atoms. The second kappa shape index (κ2) is 18.2. The second-order valence-electron chi connectivity index (χ2n) is 15.5. The van der Waals surface area contributed by atoms with E-state index in [1.807, 2.05) is 26.0 Å². The molecule has 0 saturated heterocycles. The number of nitrogens with zero attached hydrogens (tertiary/aromatic N) is 3. The number of nitrogens with one attached hydrogen (secondary N) is 2. The number of non-ortho nitro benzene ring substituents is 1. The Kier molecular flexibility index (Phi) is 14.0. The summed E-state index contributed by atoms with van der Waals surface area (Å²) in [6.45, 7) is 15.5. The molecular formula is C42H51N5O10. The molecule has 2 unspecified atom stereocenters. The molecule has 0 aliphatic heterocycles. The van der Waals surface area contributed by atoms with Crippen LogP contribution < -0.4 is 15.5 Å².